The van der Waals surface area contributed by atoms with Crippen LogP contribution in [0.3, 0.4) is 0 Å². The van der Waals surface area contributed by atoms with Crippen LogP contribution in [0.1, 0.15) is 0 Å². The minimum Gasteiger partial charge on any atom is -0.492 e. The smallest absolute Gasteiger partial charge is 0.193 e. The molecule has 25 heavy (non-hydrogen) atoms. The van der Waals surface area contributed by atoms with E-state index in [1.165, 1.54) is 0 Å². The van der Waals surface area contributed by atoms with Crippen LogP contribution >= 0.6 is 0 Å². The lowest BCUT2D eigenvalue weighted by Gasteiger charge is -2.28. The zero-order valence-corrected chi connectivity index (χ0v) is 15.8. The average Bonchev–Trinajstić information content (AvgIpc) is 2.61. The van der Waals surface area contributed by atoms with Gasteiger partial charge >= 0.3 is 0 Å². The quantitative estimate of drug-likeness (QED) is 0.551. The van der Waals surface area contributed by atoms with Crippen LogP contribution in [0.5, 0.6) is 5.75 Å². The first-order chi connectivity index (χ1) is 12.0. The van der Waals surface area contributed by atoms with E-state index in [0.29, 0.717) is 19.7 Å². The molecule has 8 heteroatoms. The van der Waals surface area contributed by atoms with Gasteiger partial charge in [0, 0.05) is 40.3 Å². The summed E-state index contributed by atoms with van der Waals surface area (Å²) >= 11 is 0. The molecule has 1 aromatic rings. The van der Waals surface area contributed by atoms with Gasteiger partial charge in [0.1, 0.15) is 12.4 Å². The van der Waals surface area contributed by atoms with Crippen LogP contribution in [0.2, 0.25) is 0 Å². The van der Waals surface area contributed by atoms with Crippen LogP contribution in [0.25, 0.3) is 0 Å². The van der Waals surface area contributed by atoms with Gasteiger partial charge in [-0.3, -0.25) is 9.89 Å². The minimum absolute atomic E-state index is 0.262. The lowest BCUT2D eigenvalue weighted by atomic mass is 10.3. The molecule has 0 amide bonds. The highest BCUT2D eigenvalue weighted by molar-refractivity contribution is 7.91. The van der Waals surface area contributed by atoms with Crippen molar-refractivity contribution in [1.29, 1.82) is 0 Å². The number of benzene rings is 1. The number of sulfone groups is 1. The molecule has 140 valence electrons. The lowest BCUT2D eigenvalue weighted by molar-refractivity contribution is 0.278. The van der Waals surface area contributed by atoms with Crippen molar-refractivity contribution < 1.29 is 13.2 Å². The Labute approximate surface area is 150 Å². The minimum atomic E-state index is -2.82. The SMILES string of the molecule is CN=C(NCCN1CCS(=O)(=O)CC1)N(C)CCOc1ccccc1. The third-order valence-electron chi connectivity index (χ3n) is 4.16. The third-order valence-corrected chi connectivity index (χ3v) is 5.77. The summed E-state index contributed by atoms with van der Waals surface area (Å²) in [6, 6.07) is 9.73. The molecule has 1 N–H and O–H groups in total. The zero-order chi connectivity index (χ0) is 18.1. The van der Waals surface area contributed by atoms with Gasteiger partial charge in [-0.15, -0.1) is 0 Å². The van der Waals surface area contributed by atoms with Crippen molar-refractivity contribution in [3.63, 3.8) is 0 Å². The summed E-state index contributed by atoms with van der Waals surface area (Å²) in [6.07, 6.45) is 0. The topological polar surface area (TPSA) is 74.2 Å². The number of nitrogens with zero attached hydrogens (tertiary/aromatic N) is 3. The van der Waals surface area contributed by atoms with E-state index in [0.717, 1.165) is 31.3 Å². The first-order valence-electron chi connectivity index (χ1n) is 8.52. The highest BCUT2D eigenvalue weighted by Crippen LogP contribution is 2.07. The Bertz CT molecular complexity index is 635. The summed E-state index contributed by atoms with van der Waals surface area (Å²) in [6.45, 7) is 4.06. The monoisotopic (exact) mass is 368 g/mol. The van der Waals surface area contributed by atoms with E-state index in [2.05, 4.69) is 15.2 Å². The van der Waals surface area contributed by atoms with E-state index >= 15 is 0 Å². The molecule has 0 spiro atoms. The summed E-state index contributed by atoms with van der Waals surface area (Å²) in [5.74, 6) is 2.19. The van der Waals surface area contributed by atoms with E-state index in [4.69, 9.17) is 4.74 Å². The third kappa shape index (κ3) is 6.91. The van der Waals surface area contributed by atoms with Crippen molar-refractivity contribution in [1.82, 2.24) is 15.1 Å². The van der Waals surface area contributed by atoms with Crippen molar-refractivity contribution in [2.24, 2.45) is 4.99 Å². The number of rotatable bonds is 7. The molecule has 1 fully saturated rings. The van der Waals surface area contributed by atoms with Crippen molar-refractivity contribution in [2.75, 3.05) is 64.9 Å². The van der Waals surface area contributed by atoms with E-state index < -0.39 is 9.84 Å². The number of aliphatic imine (C=N–C) groups is 1. The van der Waals surface area contributed by atoms with Crippen LogP contribution < -0.4 is 10.1 Å². The molecule has 0 radical (unpaired) electrons. The highest BCUT2D eigenvalue weighted by Gasteiger charge is 2.21. The molecule has 0 atom stereocenters. The Hall–Kier alpha value is -1.80. The van der Waals surface area contributed by atoms with E-state index in [1.54, 1.807) is 7.05 Å². The number of nitrogens with one attached hydrogen (secondary N) is 1. The first-order valence-corrected chi connectivity index (χ1v) is 10.3. The summed E-state index contributed by atoms with van der Waals surface area (Å²) < 4.78 is 28.6. The van der Waals surface area contributed by atoms with Gasteiger partial charge in [0.2, 0.25) is 0 Å². The van der Waals surface area contributed by atoms with Crippen molar-refractivity contribution in [3.05, 3.63) is 30.3 Å². The summed E-state index contributed by atoms with van der Waals surface area (Å²) in [5.41, 5.74) is 0. The maximum absolute atomic E-state index is 11.4. The number of hydrogen-bond acceptors (Lipinski definition) is 5. The molecule has 0 bridgehead atoms. The lowest BCUT2D eigenvalue weighted by Crippen LogP contribution is -2.46. The zero-order valence-electron chi connectivity index (χ0n) is 15.0. The predicted molar refractivity (Wildman–Crippen MR) is 101 cm³/mol. The van der Waals surface area contributed by atoms with Gasteiger partial charge in [-0.05, 0) is 12.1 Å². The van der Waals surface area contributed by atoms with E-state index in [1.807, 2.05) is 42.3 Å². The molecule has 0 saturated carbocycles. The number of para-hydroxylation sites is 1. The van der Waals surface area contributed by atoms with Crippen LogP contribution in [-0.2, 0) is 9.84 Å². The molecule has 1 saturated heterocycles. The average molecular weight is 369 g/mol. The number of guanidine groups is 1. The van der Waals surface area contributed by atoms with Gasteiger partial charge in [0.25, 0.3) is 0 Å². The normalized spacial score (nSPS) is 17.9. The van der Waals surface area contributed by atoms with Crippen LogP contribution in [0.4, 0.5) is 0 Å². The summed E-state index contributed by atoms with van der Waals surface area (Å²) in [4.78, 5) is 8.46. The van der Waals surface area contributed by atoms with Gasteiger partial charge in [-0.2, -0.15) is 0 Å². The predicted octanol–water partition coefficient (Wildman–Crippen LogP) is 0.303. The Kier molecular flexibility index (Phi) is 7.52. The summed E-state index contributed by atoms with van der Waals surface area (Å²) in [7, 11) is 0.907. The van der Waals surface area contributed by atoms with Crippen molar-refractivity contribution in [2.45, 2.75) is 0 Å². The Morgan fingerprint density at radius 2 is 1.96 bits per heavy atom. The second-order valence-electron chi connectivity index (χ2n) is 6.05. The molecule has 7 nitrogen and oxygen atoms in total. The fourth-order valence-corrected chi connectivity index (χ4v) is 3.88. The Balaban J connectivity index is 1.65. The molecule has 1 aromatic carbocycles. The van der Waals surface area contributed by atoms with Crippen LogP contribution in [-0.4, -0.2) is 89.1 Å². The summed E-state index contributed by atoms with van der Waals surface area (Å²) in [5, 5.41) is 3.32. The second-order valence-corrected chi connectivity index (χ2v) is 8.35. The molecule has 1 heterocycles. The Morgan fingerprint density at radius 3 is 2.60 bits per heavy atom. The molecular weight excluding hydrogens is 340 g/mol. The molecule has 1 aliphatic heterocycles. The fourth-order valence-electron chi connectivity index (χ4n) is 2.61. The van der Waals surface area contributed by atoms with Crippen LogP contribution in [0.15, 0.2) is 35.3 Å². The van der Waals surface area contributed by atoms with E-state index in [-0.39, 0.29) is 11.5 Å². The van der Waals surface area contributed by atoms with Gasteiger partial charge in [-0.25, -0.2) is 8.42 Å². The molecule has 2 rings (SSSR count). The van der Waals surface area contributed by atoms with Gasteiger partial charge in [-0.1, -0.05) is 18.2 Å². The largest absolute Gasteiger partial charge is 0.492 e. The fraction of sp³-hybridized carbons (Fsp3) is 0.588. The van der Waals surface area contributed by atoms with Gasteiger partial charge < -0.3 is 15.0 Å². The van der Waals surface area contributed by atoms with Gasteiger partial charge in [0.15, 0.2) is 15.8 Å². The van der Waals surface area contributed by atoms with Gasteiger partial charge in [0.05, 0.1) is 18.1 Å². The molecule has 0 aliphatic carbocycles. The standard InChI is InChI=1S/C17H28N4O3S/c1-18-17(19-8-9-21-11-14-25(22,23)15-12-21)20(2)10-13-24-16-6-4-3-5-7-16/h3-7H,8-15H2,1-2H3,(H,18,19). The van der Waals surface area contributed by atoms with E-state index in [9.17, 15) is 8.42 Å². The number of ether oxygens (including phenoxy) is 1. The maximum Gasteiger partial charge on any atom is 0.193 e. The number of likely N-dealkylation sites (N-methyl/N-ethyl adjacent to an activating group) is 1. The molecule has 1 aliphatic rings. The van der Waals surface area contributed by atoms with Crippen molar-refractivity contribution >= 4 is 15.8 Å². The Morgan fingerprint density at radius 1 is 1.28 bits per heavy atom. The highest BCUT2D eigenvalue weighted by atomic mass is 32.2. The second kappa shape index (κ2) is 9.62. The van der Waals surface area contributed by atoms with Crippen LogP contribution in [0, 0.1) is 0 Å². The molecular formula is C17H28N4O3S. The van der Waals surface area contributed by atoms with Crippen molar-refractivity contribution in [3.8, 4) is 5.75 Å². The maximum atomic E-state index is 11.4. The number of hydrogen-bond donors (Lipinski definition) is 1. The molecule has 0 unspecified atom stereocenters. The molecule has 0 aromatic heterocycles. The first kappa shape index (κ1) is 19.5.